The van der Waals surface area contributed by atoms with Gasteiger partial charge in [-0.05, 0) is 34.1 Å². The Labute approximate surface area is 93.4 Å². The highest BCUT2D eigenvalue weighted by Gasteiger charge is 2.41. The first-order valence-electron chi connectivity index (χ1n) is 5.69. The maximum absolute atomic E-state index is 11.8. The minimum Gasteiger partial charge on any atom is -0.465 e. The molecule has 0 aliphatic heterocycles. The molecule has 0 amide bonds. The Morgan fingerprint density at radius 1 is 1.20 bits per heavy atom. The average molecular weight is 215 g/mol. The summed E-state index contributed by atoms with van der Waals surface area (Å²) in [5, 5.41) is 0. The molecule has 0 aromatic heterocycles. The van der Waals surface area contributed by atoms with Gasteiger partial charge in [-0.15, -0.1) is 0 Å². The molecule has 0 saturated heterocycles. The third-order valence-electron chi connectivity index (χ3n) is 3.10. The molecular weight excluding hydrogens is 190 g/mol. The fraction of sp³-hybridized carbons (Fsp3) is 0.917. The molecule has 0 fully saturated rings. The van der Waals surface area contributed by atoms with E-state index >= 15 is 0 Å². The van der Waals surface area contributed by atoms with E-state index in [1.807, 2.05) is 27.7 Å². The largest absolute Gasteiger partial charge is 0.465 e. The summed E-state index contributed by atoms with van der Waals surface area (Å²) in [5.41, 5.74) is 4.74. The third kappa shape index (κ3) is 4.20. The number of rotatable bonds is 6. The normalized spacial score (nSPS) is 12.7. The maximum Gasteiger partial charge on any atom is 0.313 e. The molecule has 0 spiro atoms. The first-order valence-corrected chi connectivity index (χ1v) is 5.69. The molecule has 0 aliphatic carbocycles. The van der Waals surface area contributed by atoms with E-state index in [1.54, 1.807) is 0 Å². The number of esters is 1. The molecule has 90 valence electrons. The predicted octanol–water partition coefficient (Wildman–Crippen LogP) is 2.48. The molecule has 3 nitrogen and oxygen atoms in total. The number of unbranched alkanes of at least 4 members (excludes halogenated alkanes) is 2. The van der Waals surface area contributed by atoms with Gasteiger partial charge in [0, 0.05) is 5.54 Å². The zero-order chi connectivity index (χ0) is 12.1. The number of carbonyl (C=O) groups excluding carboxylic acids is 1. The molecule has 0 bridgehead atoms. The molecular formula is C12H25NO2. The lowest BCUT2D eigenvalue weighted by Gasteiger charge is -2.35. The summed E-state index contributed by atoms with van der Waals surface area (Å²) in [4.78, 5) is 11.8. The zero-order valence-electron chi connectivity index (χ0n) is 10.7. The Hall–Kier alpha value is -0.570. The van der Waals surface area contributed by atoms with Crippen LogP contribution in [0.25, 0.3) is 0 Å². The van der Waals surface area contributed by atoms with Gasteiger partial charge in [0.05, 0.1) is 12.0 Å². The number of ether oxygens (including phenoxy) is 1. The Bertz CT molecular complexity index is 204. The van der Waals surface area contributed by atoms with Crippen LogP contribution in [0.1, 0.15) is 53.9 Å². The van der Waals surface area contributed by atoms with Crippen LogP contribution in [0.3, 0.4) is 0 Å². The zero-order valence-corrected chi connectivity index (χ0v) is 10.7. The SMILES string of the molecule is CCCCCOC(=O)C(C)(C)C(C)(C)N. The van der Waals surface area contributed by atoms with Gasteiger partial charge < -0.3 is 10.5 Å². The third-order valence-corrected chi connectivity index (χ3v) is 3.10. The summed E-state index contributed by atoms with van der Waals surface area (Å²) < 4.78 is 5.22. The maximum atomic E-state index is 11.8. The van der Waals surface area contributed by atoms with Gasteiger partial charge in [-0.1, -0.05) is 19.8 Å². The van der Waals surface area contributed by atoms with Gasteiger partial charge in [0.25, 0.3) is 0 Å². The van der Waals surface area contributed by atoms with Crippen molar-refractivity contribution in [2.75, 3.05) is 6.61 Å². The van der Waals surface area contributed by atoms with Crippen molar-refractivity contribution in [2.45, 2.75) is 59.4 Å². The van der Waals surface area contributed by atoms with E-state index in [2.05, 4.69) is 6.92 Å². The molecule has 0 heterocycles. The molecule has 0 unspecified atom stereocenters. The number of nitrogens with two attached hydrogens (primary N) is 1. The Kier molecular flexibility index (Phi) is 5.29. The highest BCUT2D eigenvalue weighted by molar-refractivity contribution is 5.77. The van der Waals surface area contributed by atoms with Crippen molar-refractivity contribution in [3.05, 3.63) is 0 Å². The van der Waals surface area contributed by atoms with Gasteiger partial charge in [0.2, 0.25) is 0 Å². The lowest BCUT2D eigenvalue weighted by molar-refractivity contribution is -0.157. The van der Waals surface area contributed by atoms with Crippen molar-refractivity contribution >= 4 is 5.97 Å². The number of hydrogen-bond acceptors (Lipinski definition) is 3. The molecule has 0 aliphatic rings. The van der Waals surface area contributed by atoms with Gasteiger partial charge in [-0.2, -0.15) is 0 Å². The molecule has 0 aromatic rings. The fourth-order valence-electron chi connectivity index (χ4n) is 0.960. The van der Waals surface area contributed by atoms with Crippen molar-refractivity contribution in [2.24, 2.45) is 11.1 Å². The van der Waals surface area contributed by atoms with E-state index in [0.717, 1.165) is 19.3 Å². The monoisotopic (exact) mass is 215 g/mol. The van der Waals surface area contributed by atoms with Crippen LogP contribution in [0.2, 0.25) is 0 Å². The van der Waals surface area contributed by atoms with Crippen LogP contribution in [-0.4, -0.2) is 18.1 Å². The second-order valence-electron chi connectivity index (χ2n) is 5.19. The van der Waals surface area contributed by atoms with Gasteiger partial charge in [0.15, 0.2) is 0 Å². The first kappa shape index (κ1) is 14.4. The van der Waals surface area contributed by atoms with E-state index in [4.69, 9.17) is 10.5 Å². The molecule has 0 radical (unpaired) electrons. The lowest BCUT2D eigenvalue weighted by Crippen LogP contribution is -2.52. The molecule has 0 saturated carbocycles. The molecule has 15 heavy (non-hydrogen) atoms. The van der Waals surface area contributed by atoms with Crippen molar-refractivity contribution < 1.29 is 9.53 Å². The topological polar surface area (TPSA) is 52.3 Å². The van der Waals surface area contributed by atoms with E-state index in [1.165, 1.54) is 0 Å². The molecule has 0 atom stereocenters. The summed E-state index contributed by atoms with van der Waals surface area (Å²) in [6.07, 6.45) is 3.16. The standard InChI is InChI=1S/C12H25NO2/c1-6-7-8-9-15-10(14)11(2,3)12(4,5)13/h6-9,13H2,1-5H3. The number of carbonyl (C=O) groups is 1. The number of hydrogen-bond donors (Lipinski definition) is 1. The fourth-order valence-corrected chi connectivity index (χ4v) is 0.960. The van der Waals surface area contributed by atoms with Crippen molar-refractivity contribution in [3.63, 3.8) is 0 Å². The molecule has 3 heteroatoms. The van der Waals surface area contributed by atoms with Crippen molar-refractivity contribution in [1.29, 1.82) is 0 Å². The van der Waals surface area contributed by atoms with Gasteiger partial charge in [-0.3, -0.25) is 4.79 Å². The molecule has 0 rings (SSSR count). The van der Waals surface area contributed by atoms with Crippen LogP contribution in [0.5, 0.6) is 0 Å². The smallest absolute Gasteiger partial charge is 0.313 e. The quantitative estimate of drug-likeness (QED) is 0.547. The average Bonchev–Trinajstić information content (AvgIpc) is 2.10. The van der Waals surface area contributed by atoms with E-state index in [-0.39, 0.29) is 5.97 Å². The summed E-state index contributed by atoms with van der Waals surface area (Å²) >= 11 is 0. The van der Waals surface area contributed by atoms with E-state index < -0.39 is 11.0 Å². The minimum absolute atomic E-state index is 0.203. The summed E-state index contributed by atoms with van der Waals surface area (Å²) in [5.74, 6) is -0.203. The van der Waals surface area contributed by atoms with Crippen LogP contribution in [-0.2, 0) is 9.53 Å². The van der Waals surface area contributed by atoms with Crippen LogP contribution in [0.15, 0.2) is 0 Å². The summed E-state index contributed by atoms with van der Waals surface area (Å²) in [6.45, 7) is 9.98. The Balaban J connectivity index is 4.10. The van der Waals surface area contributed by atoms with Gasteiger partial charge in [-0.25, -0.2) is 0 Å². The lowest BCUT2D eigenvalue weighted by atomic mass is 9.75. The molecule has 2 N–H and O–H groups in total. The minimum atomic E-state index is -0.640. The van der Waals surface area contributed by atoms with Gasteiger partial charge in [0.1, 0.15) is 0 Å². The second-order valence-corrected chi connectivity index (χ2v) is 5.19. The Morgan fingerprint density at radius 3 is 2.13 bits per heavy atom. The van der Waals surface area contributed by atoms with Crippen LogP contribution < -0.4 is 5.73 Å². The van der Waals surface area contributed by atoms with Crippen molar-refractivity contribution in [3.8, 4) is 0 Å². The Morgan fingerprint density at radius 2 is 1.73 bits per heavy atom. The summed E-state index contributed by atoms with van der Waals surface area (Å²) in [7, 11) is 0. The highest BCUT2D eigenvalue weighted by Crippen LogP contribution is 2.29. The van der Waals surface area contributed by atoms with Crippen LogP contribution >= 0.6 is 0 Å². The van der Waals surface area contributed by atoms with Crippen LogP contribution in [0, 0.1) is 5.41 Å². The summed E-state index contributed by atoms with van der Waals surface area (Å²) in [6, 6.07) is 0. The second kappa shape index (κ2) is 5.50. The van der Waals surface area contributed by atoms with E-state index in [0.29, 0.717) is 6.61 Å². The van der Waals surface area contributed by atoms with Crippen molar-refractivity contribution in [1.82, 2.24) is 0 Å². The first-order chi connectivity index (χ1) is 6.73. The van der Waals surface area contributed by atoms with Crippen LogP contribution in [0.4, 0.5) is 0 Å². The predicted molar refractivity (Wildman–Crippen MR) is 62.5 cm³/mol. The molecule has 0 aromatic carbocycles. The van der Waals surface area contributed by atoms with Gasteiger partial charge >= 0.3 is 5.97 Å². The highest BCUT2D eigenvalue weighted by atomic mass is 16.5. The van der Waals surface area contributed by atoms with E-state index in [9.17, 15) is 4.79 Å².